The van der Waals surface area contributed by atoms with Crippen LogP contribution in [0, 0.1) is 0 Å². The summed E-state index contributed by atoms with van der Waals surface area (Å²) in [6.45, 7) is 0.859. The van der Waals surface area contributed by atoms with Crippen molar-refractivity contribution in [2.75, 3.05) is 25.1 Å². The van der Waals surface area contributed by atoms with Crippen molar-refractivity contribution in [3.8, 4) is 0 Å². The van der Waals surface area contributed by atoms with E-state index in [1.165, 1.54) is 0 Å². The molecule has 0 atom stereocenters. The molecule has 1 fully saturated rings. The minimum atomic E-state index is -4.99. The number of pyridine rings is 1. The average Bonchev–Trinajstić information content (AvgIpc) is 2.86. The minimum Gasteiger partial charge on any atom is -0.453 e. The third-order valence-electron chi connectivity index (χ3n) is 6.25. The number of fused-ring (bicyclic) bond motifs is 1. The smallest absolute Gasteiger partial charge is 0.416 e. The molecule has 0 saturated carbocycles. The second kappa shape index (κ2) is 10.5. The largest absolute Gasteiger partial charge is 0.453 e. The standard InChI is InChI=1S/C26H25F6N3O2/c1-37-24(36)35(15-17-11-20(25(27,28)29)14-21(12-17)26(30,31)32)16-19-13-18-7-3-4-8-22(18)33-23(19)34-9-5-2-6-10-34/h3-4,7-8,11-14H,2,5-6,9-10,15-16H2,1H3. The number of para-hydroxylation sites is 1. The van der Waals surface area contributed by atoms with Gasteiger partial charge in [0.2, 0.25) is 0 Å². The lowest BCUT2D eigenvalue weighted by molar-refractivity contribution is -0.143. The number of piperidine rings is 1. The van der Waals surface area contributed by atoms with Crippen LogP contribution in [0.15, 0.2) is 48.5 Å². The van der Waals surface area contributed by atoms with Gasteiger partial charge in [-0.15, -0.1) is 0 Å². The van der Waals surface area contributed by atoms with Crippen LogP contribution in [0.3, 0.4) is 0 Å². The van der Waals surface area contributed by atoms with Crippen LogP contribution >= 0.6 is 0 Å². The fourth-order valence-electron chi connectivity index (χ4n) is 4.50. The van der Waals surface area contributed by atoms with Crippen LogP contribution in [-0.2, 0) is 30.2 Å². The highest BCUT2D eigenvalue weighted by Gasteiger charge is 2.37. The van der Waals surface area contributed by atoms with E-state index in [0.717, 1.165) is 55.3 Å². The number of hydrogen-bond acceptors (Lipinski definition) is 4. The molecule has 1 aliphatic rings. The Morgan fingerprint density at radius 1 is 0.919 bits per heavy atom. The number of carbonyl (C=O) groups excluding carboxylic acids is 1. The van der Waals surface area contributed by atoms with Crippen molar-refractivity contribution in [1.82, 2.24) is 9.88 Å². The molecule has 2 heterocycles. The highest BCUT2D eigenvalue weighted by Crippen LogP contribution is 2.37. The van der Waals surface area contributed by atoms with Gasteiger partial charge in [0.1, 0.15) is 5.82 Å². The highest BCUT2D eigenvalue weighted by atomic mass is 19.4. The predicted octanol–water partition coefficient (Wildman–Crippen LogP) is 7.03. The number of halogens is 6. The van der Waals surface area contributed by atoms with Crippen LogP contribution in [0.25, 0.3) is 10.9 Å². The van der Waals surface area contributed by atoms with Gasteiger partial charge in [-0.2, -0.15) is 26.3 Å². The molecule has 0 N–H and O–H groups in total. The molecular weight excluding hydrogens is 500 g/mol. The molecule has 1 saturated heterocycles. The Hall–Kier alpha value is -3.50. The highest BCUT2D eigenvalue weighted by molar-refractivity contribution is 5.82. The first-order chi connectivity index (χ1) is 17.5. The summed E-state index contributed by atoms with van der Waals surface area (Å²) in [6.07, 6.45) is -7.88. The van der Waals surface area contributed by atoms with Gasteiger partial charge in [-0.05, 0) is 55.2 Å². The molecule has 37 heavy (non-hydrogen) atoms. The van der Waals surface area contributed by atoms with E-state index in [4.69, 9.17) is 9.72 Å². The summed E-state index contributed by atoms with van der Waals surface area (Å²) in [7, 11) is 1.10. The monoisotopic (exact) mass is 525 g/mol. The number of aromatic nitrogens is 1. The van der Waals surface area contributed by atoms with Crippen LogP contribution < -0.4 is 4.90 Å². The number of carbonyl (C=O) groups is 1. The van der Waals surface area contributed by atoms with E-state index in [1.54, 1.807) is 0 Å². The van der Waals surface area contributed by atoms with Gasteiger partial charge in [0, 0.05) is 30.6 Å². The van der Waals surface area contributed by atoms with Crippen LogP contribution in [0.5, 0.6) is 0 Å². The van der Waals surface area contributed by atoms with Crippen molar-refractivity contribution >= 4 is 22.8 Å². The summed E-state index contributed by atoms with van der Waals surface area (Å²) in [4.78, 5) is 20.6. The van der Waals surface area contributed by atoms with Crippen LogP contribution in [0.2, 0.25) is 0 Å². The maximum absolute atomic E-state index is 13.4. The second-order valence-electron chi connectivity index (χ2n) is 8.95. The van der Waals surface area contributed by atoms with Crippen molar-refractivity contribution in [1.29, 1.82) is 0 Å². The molecule has 1 aliphatic heterocycles. The van der Waals surface area contributed by atoms with E-state index in [0.29, 0.717) is 23.5 Å². The maximum Gasteiger partial charge on any atom is 0.416 e. The minimum absolute atomic E-state index is 0.0632. The van der Waals surface area contributed by atoms with E-state index < -0.39 is 36.1 Å². The van der Waals surface area contributed by atoms with Gasteiger partial charge in [0.25, 0.3) is 0 Å². The summed E-state index contributed by atoms with van der Waals surface area (Å²) in [5, 5.41) is 0.793. The average molecular weight is 525 g/mol. The molecule has 0 spiro atoms. The Labute approximate surface area is 209 Å². The number of amides is 1. The van der Waals surface area contributed by atoms with Crippen molar-refractivity contribution < 1.29 is 35.9 Å². The number of nitrogens with zero attached hydrogens (tertiary/aromatic N) is 3. The summed E-state index contributed by atoms with van der Waals surface area (Å²) >= 11 is 0. The number of rotatable bonds is 5. The first-order valence-corrected chi connectivity index (χ1v) is 11.7. The molecule has 3 aromatic rings. The summed E-state index contributed by atoms with van der Waals surface area (Å²) in [6, 6.07) is 10.5. The van der Waals surface area contributed by atoms with Crippen LogP contribution in [0.4, 0.5) is 37.0 Å². The van der Waals surface area contributed by atoms with Crippen molar-refractivity contribution in [2.24, 2.45) is 0 Å². The molecule has 11 heteroatoms. The van der Waals surface area contributed by atoms with Crippen LogP contribution in [0.1, 0.15) is 41.5 Å². The zero-order valence-electron chi connectivity index (χ0n) is 20.0. The number of hydrogen-bond donors (Lipinski definition) is 0. The van der Waals surface area contributed by atoms with E-state index >= 15 is 0 Å². The Morgan fingerprint density at radius 3 is 2.14 bits per heavy atom. The van der Waals surface area contributed by atoms with Gasteiger partial charge in [-0.3, -0.25) is 4.90 Å². The Bertz CT molecular complexity index is 1240. The first kappa shape index (κ1) is 26.6. The molecular formula is C26H25F6N3O2. The molecule has 0 unspecified atom stereocenters. The molecule has 4 rings (SSSR count). The molecule has 5 nitrogen and oxygen atoms in total. The molecule has 1 aromatic heterocycles. The number of anilines is 1. The number of ether oxygens (including phenoxy) is 1. The second-order valence-corrected chi connectivity index (χ2v) is 8.95. The van der Waals surface area contributed by atoms with E-state index in [1.807, 2.05) is 30.3 Å². The fourth-order valence-corrected chi connectivity index (χ4v) is 4.50. The zero-order chi connectivity index (χ0) is 26.8. The van der Waals surface area contributed by atoms with Crippen molar-refractivity contribution in [3.63, 3.8) is 0 Å². The van der Waals surface area contributed by atoms with Gasteiger partial charge in [0.15, 0.2) is 0 Å². The first-order valence-electron chi connectivity index (χ1n) is 11.7. The lowest BCUT2D eigenvalue weighted by atomic mass is 10.0. The number of methoxy groups -OCH3 is 1. The fraction of sp³-hybridized carbons (Fsp3) is 0.385. The van der Waals surface area contributed by atoms with Gasteiger partial charge in [-0.25, -0.2) is 9.78 Å². The Kier molecular flexibility index (Phi) is 7.52. The number of alkyl halides is 6. The van der Waals surface area contributed by atoms with E-state index in [9.17, 15) is 31.1 Å². The topological polar surface area (TPSA) is 45.7 Å². The van der Waals surface area contributed by atoms with Gasteiger partial charge >= 0.3 is 18.4 Å². The Balaban J connectivity index is 1.74. The Morgan fingerprint density at radius 2 is 1.54 bits per heavy atom. The summed E-state index contributed by atoms with van der Waals surface area (Å²) in [5.41, 5.74) is -1.84. The third-order valence-corrected chi connectivity index (χ3v) is 6.25. The molecule has 198 valence electrons. The predicted molar refractivity (Wildman–Crippen MR) is 126 cm³/mol. The molecule has 1 amide bonds. The number of benzene rings is 2. The van der Waals surface area contributed by atoms with E-state index in [-0.39, 0.29) is 18.2 Å². The summed E-state index contributed by atoms with van der Waals surface area (Å²) in [5.74, 6) is 0.632. The SMILES string of the molecule is COC(=O)N(Cc1cc(C(F)(F)F)cc(C(F)(F)F)c1)Cc1cc2ccccc2nc1N1CCCCC1. The molecule has 0 radical (unpaired) electrons. The summed E-state index contributed by atoms with van der Waals surface area (Å²) < 4.78 is 85.0. The molecule has 2 aromatic carbocycles. The lowest BCUT2D eigenvalue weighted by Crippen LogP contribution is -2.34. The quantitative estimate of drug-likeness (QED) is 0.336. The molecule has 0 aliphatic carbocycles. The zero-order valence-corrected chi connectivity index (χ0v) is 20.0. The maximum atomic E-state index is 13.4. The molecule has 0 bridgehead atoms. The van der Waals surface area contributed by atoms with Gasteiger partial charge in [-0.1, -0.05) is 18.2 Å². The third kappa shape index (κ3) is 6.26. The van der Waals surface area contributed by atoms with Crippen molar-refractivity contribution in [2.45, 2.75) is 44.7 Å². The van der Waals surface area contributed by atoms with Gasteiger partial charge in [0.05, 0.1) is 30.3 Å². The van der Waals surface area contributed by atoms with Crippen LogP contribution in [-0.4, -0.2) is 36.2 Å². The normalized spacial score (nSPS) is 14.6. The van der Waals surface area contributed by atoms with Crippen molar-refractivity contribution in [3.05, 3.63) is 70.8 Å². The van der Waals surface area contributed by atoms with Gasteiger partial charge < -0.3 is 9.64 Å². The van der Waals surface area contributed by atoms with E-state index in [2.05, 4.69) is 4.90 Å². The lowest BCUT2D eigenvalue weighted by Gasteiger charge is -2.31.